The molecule has 0 spiro atoms. The van der Waals surface area contributed by atoms with E-state index in [4.69, 9.17) is 4.74 Å². The summed E-state index contributed by atoms with van der Waals surface area (Å²) >= 11 is 0. The van der Waals surface area contributed by atoms with Crippen molar-refractivity contribution in [2.75, 3.05) is 13.7 Å². The van der Waals surface area contributed by atoms with Gasteiger partial charge in [-0.1, -0.05) is 29.3 Å². The minimum Gasteiger partial charge on any atom is -0.465 e. The molecular weight excluding hydrogens is 202 g/mol. The lowest BCUT2D eigenvalue weighted by Crippen LogP contribution is -2.27. The van der Waals surface area contributed by atoms with Crippen LogP contribution in [-0.2, 0) is 9.53 Å². The number of carbonyl (C=O) groups is 1. The molecule has 0 heterocycles. The van der Waals surface area contributed by atoms with Gasteiger partial charge in [-0.2, -0.15) is 0 Å². The minimum atomic E-state index is -0.376. The van der Waals surface area contributed by atoms with Gasteiger partial charge in [-0.05, 0) is 33.4 Å². The Morgan fingerprint density at radius 3 is 2.31 bits per heavy atom. The normalized spacial score (nSPS) is 12.2. The van der Waals surface area contributed by atoms with E-state index in [9.17, 15) is 4.79 Å². The van der Waals surface area contributed by atoms with Crippen molar-refractivity contribution in [1.82, 2.24) is 5.32 Å². The summed E-state index contributed by atoms with van der Waals surface area (Å²) in [5.74, 6) is -0.227. The van der Waals surface area contributed by atoms with Crippen molar-refractivity contribution in [3.8, 4) is 0 Å². The van der Waals surface area contributed by atoms with Gasteiger partial charge in [0.05, 0.1) is 6.61 Å². The molecule has 3 heteroatoms. The molecule has 0 saturated heterocycles. The van der Waals surface area contributed by atoms with Crippen LogP contribution in [0.1, 0.15) is 29.7 Å². The molecule has 0 saturated carbocycles. The maximum Gasteiger partial charge on any atom is 0.327 e. The molecule has 1 atom stereocenters. The molecule has 3 nitrogen and oxygen atoms in total. The molecule has 88 valence electrons. The third-order valence-corrected chi connectivity index (χ3v) is 2.39. The fourth-order valence-corrected chi connectivity index (χ4v) is 1.82. The summed E-state index contributed by atoms with van der Waals surface area (Å²) in [5.41, 5.74) is 3.26. The third kappa shape index (κ3) is 3.07. The number of esters is 1. The molecule has 0 aromatic heterocycles. The highest BCUT2D eigenvalue weighted by atomic mass is 16.5. The minimum absolute atomic E-state index is 0.227. The first-order valence-electron chi connectivity index (χ1n) is 5.50. The van der Waals surface area contributed by atoms with Gasteiger partial charge in [0.2, 0.25) is 0 Å². The fraction of sp³-hybridized carbons (Fsp3) is 0.462. The van der Waals surface area contributed by atoms with Crippen molar-refractivity contribution in [1.29, 1.82) is 0 Å². The summed E-state index contributed by atoms with van der Waals surface area (Å²) in [6.07, 6.45) is 0. The highest BCUT2D eigenvalue weighted by Crippen LogP contribution is 2.18. The van der Waals surface area contributed by atoms with Crippen molar-refractivity contribution in [2.24, 2.45) is 0 Å². The number of carbonyl (C=O) groups excluding carboxylic acids is 1. The molecule has 1 aromatic carbocycles. The Kier molecular flexibility index (Phi) is 4.50. The molecule has 0 radical (unpaired) electrons. The van der Waals surface area contributed by atoms with E-state index in [1.165, 1.54) is 0 Å². The van der Waals surface area contributed by atoms with Crippen LogP contribution in [-0.4, -0.2) is 19.6 Å². The van der Waals surface area contributed by atoms with Crippen molar-refractivity contribution in [3.05, 3.63) is 34.9 Å². The van der Waals surface area contributed by atoms with Gasteiger partial charge in [-0.3, -0.25) is 0 Å². The van der Waals surface area contributed by atoms with Crippen LogP contribution >= 0.6 is 0 Å². The van der Waals surface area contributed by atoms with Gasteiger partial charge >= 0.3 is 5.97 Å². The largest absolute Gasteiger partial charge is 0.465 e. The maximum absolute atomic E-state index is 11.7. The Hall–Kier alpha value is -1.35. The molecule has 1 unspecified atom stereocenters. The second kappa shape index (κ2) is 5.66. The van der Waals surface area contributed by atoms with Crippen molar-refractivity contribution in [2.45, 2.75) is 26.8 Å². The molecule has 1 aromatic rings. The SMILES string of the molecule is CCOC(=O)C(NC)c1cc(C)cc(C)c1. The topological polar surface area (TPSA) is 38.3 Å². The Balaban J connectivity index is 2.98. The molecule has 0 aliphatic carbocycles. The van der Waals surface area contributed by atoms with Crippen LogP contribution in [0.3, 0.4) is 0 Å². The predicted molar refractivity (Wildman–Crippen MR) is 64.3 cm³/mol. The first-order chi connectivity index (χ1) is 7.58. The Morgan fingerprint density at radius 2 is 1.88 bits per heavy atom. The lowest BCUT2D eigenvalue weighted by atomic mass is 10.0. The number of nitrogens with one attached hydrogen (secondary N) is 1. The van der Waals surface area contributed by atoms with Crippen LogP contribution in [0.15, 0.2) is 18.2 Å². The zero-order valence-electron chi connectivity index (χ0n) is 10.3. The first kappa shape index (κ1) is 12.7. The average Bonchev–Trinajstić information content (AvgIpc) is 2.17. The van der Waals surface area contributed by atoms with Crippen molar-refractivity contribution in [3.63, 3.8) is 0 Å². The standard InChI is InChI=1S/C13H19NO2/c1-5-16-13(15)12(14-4)11-7-9(2)6-10(3)8-11/h6-8,12,14H,5H2,1-4H3. The van der Waals surface area contributed by atoms with E-state index in [0.717, 1.165) is 16.7 Å². The number of hydrogen-bond donors (Lipinski definition) is 1. The Morgan fingerprint density at radius 1 is 1.31 bits per heavy atom. The van der Waals surface area contributed by atoms with E-state index >= 15 is 0 Å². The molecule has 0 aliphatic heterocycles. The van der Waals surface area contributed by atoms with Gasteiger partial charge in [0, 0.05) is 0 Å². The molecule has 0 bridgehead atoms. The van der Waals surface area contributed by atoms with Crippen LogP contribution < -0.4 is 5.32 Å². The van der Waals surface area contributed by atoms with E-state index in [1.54, 1.807) is 7.05 Å². The summed E-state index contributed by atoms with van der Waals surface area (Å²) in [4.78, 5) is 11.7. The lowest BCUT2D eigenvalue weighted by molar-refractivity contribution is -0.145. The van der Waals surface area contributed by atoms with E-state index in [0.29, 0.717) is 6.61 Å². The monoisotopic (exact) mass is 221 g/mol. The van der Waals surface area contributed by atoms with Crippen LogP contribution in [0.2, 0.25) is 0 Å². The second-order valence-corrected chi connectivity index (χ2v) is 3.89. The zero-order valence-corrected chi connectivity index (χ0v) is 10.3. The molecule has 0 fully saturated rings. The van der Waals surface area contributed by atoms with Gasteiger partial charge in [-0.15, -0.1) is 0 Å². The van der Waals surface area contributed by atoms with E-state index < -0.39 is 0 Å². The molecule has 1 rings (SSSR count). The highest BCUT2D eigenvalue weighted by Gasteiger charge is 2.19. The molecule has 16 heavy (non-hydrogen) atoms. The van der Waals surface area contributed by atoms with Crippen LogP contribution in [0, 0.1) is 13.8 Å². The Bertz CT molecular complexity index is 354. The quantitative estimate of drug-likeness (QED) is 0.791. The first-order valence-corrected chi connectivity index (χ1v) is 5.50. The van der Waals surface area contributed by atoms with Gasteiger partial charge in [0.25, 0.3) is 0 Å². The summed E-state index contributed by atoms with van der Waals surface area (Å²) < 4.78 is 5.03. The Labute approximate surface area is 96.8 Å². The fourth-order valence-electron chi connectivity index (χ4n) is 1.82. The van der Waals surface area contributed by atoms with E-state index in [2.05, 4.69) is 11.4 Å². The summed E-state index contributed by atoms with van der Waals surface area (Å²) in [7, 11) is 1.76. The maximum atomic E-state index is 11.7. The molecule has 1 N–H and O–H groups in total. The summed E-state index contributed by atoms with van der Waals surface area (Å²) in [6, 6.07) is 5.72. The molecule has 0 aliphatic rings. The van der Waals surface area contributed by atoms with Crippen LogP contribution in [0.25, 0.3) is 0 Å². The van der Waals surface area contributed by atoms with Gasteiger partial charge in [0.1, 0.15) is 6.04 Å². The van der Waals surface area contributed by atoms with Gasteiger partial charge in [0.15, 0.2) is 0 Å². The number of likely N-dealkylation sites (N-methyl/N-ethyl adjacent to an activating group) is 1. The number of ether oxygens (including phenoxy) is 1. The summed E-state index contributed by atoms with van der Waals surface area (Å²) in [5, 5.41) is 2.98. The van der Waals surface area contributed by atoms with E-state index in [1.807, 2.05) is 32.9 Å². The van der Waals surface area contributed by atoms with Crippen molar-refractivity contribution < 1.29 is 9.53 Å². The number of benzene rings is 1. The molecular formula is C13H19NO2. The van der Waals surface area contributed by atoms with Gasteiger partial charge in [-0.25, -0.2) is 4.79 Å². The smallest absolute Gasteiger partial charge is 0.327 e. The zero-order chi connectivity index (χ0) is 12.1. The second-order valence-electron chi connectivity index (χ2n) is 3.89. The highest BCUT2D eigenvalue weighted by molar-refractivity contribution is 5.77. The van der Waals surface area contributed by atoms with Crippen LogP contribution in [0.4, 0.5) is 0 Å². The lowest BCUT2D eigenvalue weighted by Gasteiger charge is -2.16. The van der Waals surface area contributed by atoms with Gasteiger partial charge < -0.3 is 10.1 Å². The summed E-state index contributed by atoms with van der Waals surface area (Å²) in [6.45, 7) is 6.26. The number of hydrogen-bond acceptors (Lipinski definition) is 3. The predicted octanol–water partition coefficient (Wildman–Crippen LogP) is 2.13. The van der Waals surface area contributed by atoms with Crippen LogP contribution in [0.5, 0.6) is 0 Å². The third-order valence-electron chi connectivity index (χ3n) is 2.39. The molecule has 0 amide bonds. The number of aryl methyl sites for hydroxylation is 2. The average molecular weight is 221 g/mol. The number of rotatable bonds is 4. The van der Waals surface area contributed by atoms with Crippen molar-refractivity contribution >= 4 is 5.97 Å². The van der Waals surface area contributed by atoms with E-state index in [-0.39, 0.29) is 12.0 Å².